The first-order chi connectivity index (χ1) is 10.7. The minimum Gasteiger partial charge on any atom is -0.471 e. The van der Waals surface area contributed by atoms with Gasteiger partial charge in [-0.2, -0.15) is 0 Å². The molecule has 0 spiro atoms. The predicted octanol–water partition coefficient (Wildman–Crippen LogP) is 1.19. The van der Waals surface area contributed by atoms with E-state index in [0.717, 1.165) is 45.3 Å². The minimum atomic E-state index is 0.0238. The normalized spacial score (nSPS) is 26.7. The summed E-state index contributed by atoms with van der Waals surface area (Å²) in [5.74, 6) is 0.979. The molecule has 1 aromatic heterocycles. The SMILES string of the molecule is CN1CCC[C@H](C(=O)N2CCC[C@H](Oc3cnccn3)C2)C1. The van der Waals surface area contributed by atoms with E-state index in [0.29, 0.717) is 18.3 Å². The molecule has 1 amide bonds. The Kier molecular flexibility index (Phi) is 4.87. The van der Waals surface area contributed by atoms with Crippen LogP contribution in [0, 0.1) is 5.92 Å². The summed E-state index contributed by atoms with van der Waals surface area (Å²) in [5, 5.41) is 0. The van der Waals surface area contributed by atoms with Crippen molar-refractivity contribution in [3.05, 3.63) is 18.6 Å². The first-order valence-electron chi connectivity index (χ1n) is 8.12. The fourth-order valence-corrected chi connectivity index (χ4v) is 3.38. The molecule has 0 aromatic carbocycles. The van der Waals surface area contributed by atoms with Crippen LogP contribution < -0.4 is 4.74 Å². The quantitative estimate of drug-likeness (QED) is 0.839. The maximum absolute atomic E-state index is 12.7. The van der Waals surface area contributed by atoms with Crippen LogP contribution in [0.2, 0.25) is 0 Å². The van der Waals surface area contributed by atoms with Gasteiger partial charge in [0.25, 0.3) is 0 Å². The van der Waals surface area contributed by atoms with Crippen LogP contribution in [0.1, 0.15) is 25.7 Å². The van der Waals surface area contributed by atoms with Gasteiger partial charge in [-0.25, -0.2) is 4.98 Å². The Labute approximate surface area is 131 Å². The van der Waals surface area contributed by atoms with Crippen molar-refractivity contribution in [2.24, 2.45) is 5.92 Å². The van der Waals surface area contributed by atoms with Gasteiger partial charge in [0.15, 0.2) is 0 Å². The number of hydrogen-bond donors (Lipinski definition) is 0. The number of ether oxygens (including phenoxy) is 1. The van der Waals surface area contributed by atoms with Gasteiger partial charge < -0.3 is 14.5 Å². The molecule has 6 nitrogen and oxygen atoms in total. The molecular weight excluding hydrogens is 280 g/mol. The first-order valence-corrected chi connectivity index (χ1v) is 8.12. The Morgan fingerprint density at radius 1 is 1.23 bits per heavy atom. The third-order valence-corrected chi connectivity index (χ3v) is 4.49. The van der Waals surface area contributed by atoms with E-state index in [1.54, 1.807) is 18.6 Å². The average Bonchev–Trinajstić information content (AvgIpc) is 2.55. The molecule has 0 unspecified atom stereocenters. The summed E-state index contributed by atoms with van der Waals surface area (Å²) in [7, 11) is 2.09. The fourth-order valence-electron chi connectivity index (χ4n) is 3.38. The van der Waals surface area contributed by atoms with E-state index in [1.807, 2.05) is 4.90 Å². The minimum absolute atomic E-state index is 0.0238. The summed E-state index contributed by atoms with van der Waals surface area (Å²) in [6.45, 7) is 3.49. The molecule has 0 saturated carbocycles. The highest BCUT2D eigenvalue weighted by Crippen LogP contribution is 2.22. The van der Waals surface area contributed by atoms with Crippen LogP contribution >= 0.6 is 0 Å². The van der Waals surface area contributed by atoms with Crippen LogP contribution in [0.25, 0.3) is 0 Å². The van der Waals surface area contributed by atoms with Crippen LogP contribution in [-0.4, -0.2) is 65.0 Å². The van der Waals surface area contributed by atoms with E-state index in [1.165, 1.54) is 0 Å². The van der Waals surface area contributed by atoms with E-state index < -0.39 is 0 Å². The molecule has 2 aliphatic rings. The van der Waals surface area contributed by atoms with Crippen molar-refractivity contribution in [1.82, 2.24) is 19.8 Å². The lowest BCUT2D eigenvalue weighted by Crippen LogP contribution is -2.49. The zero-order valence-corrected chi connectivity index (χ0v) is 13.1. The Morgan fingerprint density at radius 3 is 2.86 bits per heavy atom. The molecular formula is C16H24N4O2. The van der Waals surface area contributed by atoms with Crippen molar-refractivity contribution >= 4 is 5.91 Å². The molecule has 2 fully saturated rings. The van der Waals surface area contributed by atoms with Crippen molar-refractivity contribution in [3.8, 4) is 5.88 Å². The largest absolute Gasteiger partial charge is 0.471 e. The van der Waals surface area contributed by atoms with E-state index >= 15 is 0 Å². The molecule has 0 bridgehead atoms. The van der Waals surface area contributed by atoms with Crippen LogP contribution in [0.15, 0.2) is 18.6 Å². The van der Waals surface area contributed by atoms with Gasteiger partial charge in [-0.05, 0) is 39.3 Å². The van der Waals surface area contributed by atoms with Gasteiger partial charge in [0, 0.05) is 25.5 Å². The molecule has 120 valence electrons. The average molecular weight is 304 g/mol. The Bertz CT molecular complexity index is 496. The standard InChI is InChI=1S/C16H24N4O2/c1-19-8-2-4-13(11-19)16(21)20-9-3-5-14(12-20)22-15-10-17-6-7-18-15/h6-7,10,13-14H,2-5,8-9,11-12H2,1H3/t13-,14-/m0/s1. The van der Waals surface area contributed by atoms with Crippen molar-refractivity contribution < 1.29 is 9.53 Å². The number of likely N-dealkylation sites (tertiary alicyclic amines) is 2. The molecule has 2 aliphatic heterocycles. The van der Waals surface area contributed by atoms with Gasteiger partial charge in [0.05, 0.1) is 18.7 Å². The number of piperidine rings is 2. The summed E-state index contributed by atoms with van der Waals surface area (Å²) in [6.07, 6.45) is 8.97. The van der Waals surface area contributed by atoms with Gasteiger partial charge in [-0.3, -0.25) is 9.78 Å². The number of rotatable bonds is 3. The highest BCUT2D eigenvalue weighted by atomic mass is 16.5. The summed E-state index contributed by atoms with van der Waals surface area (Å²) < 4.78 is 5.87. The number of amides is 1. The van der Waals surface area contributed by atoms with Crippen LogP contribution in [-0.2, 0) is 4.79 Å². The molecule has 1 aromatic rings. The van der Waals surface area contributed by atoms with E-state index in [-0.39, 0.29) is 12.0 Å². The van der Waals surface area contributed by atoms with E-state index in [4.69, 9.17) is 4.74 Å². The predicted molar refractivity (Wildman–Crippen MR) is 82.5 cm³/mol. The van der Waals surface area contributed by atoms with Crippen molar-refractivity contribution in [1.29, 1.82) is 0 Å². The number of nitrogens with zero attached hydrogens (tertiary/aromatic N) is 4. The summed E-state index contributed by atoms with van der Waals surface area (Å²) in [6, 6.07) is 0. The van der Waals surface area contributed by atoms with Crippen molar-refractivity contribution in [3.63, 3.8) is 0 Å². The lowest BCUT2D eigenvalue weighted by atomic mass is 9.95. The third kappa shape index (κ3) is 3.74. The molecule has 2 atom stereocenters. The molecule has 0 radical (unpaired) electrons. The summed E-state index contributed by atoms with van der Waals surface area (Å²) in [5.41, 5.74) is 0. The van der Waals surface area contributed by atoms with Gasteiger partial charge in [-0.15, -0.1) is 0 Å². The van der Waals surface area contributed by atoms with E-state index in [2.05, 4.69) is 21.9 Å². The lowest BCUT2D eigenvalue weighted by Gasteiger charge is -2.37. The topological polar surface area (TPSA) is 58.6 Å². The summed E-state index contributed by atoms with van der Waals surface area (Å²) >= 11 is 0. The Morgan fingerprint density at radius 2 is 2.09 bits per heavy atom. The van der Waals surface area contributed by atoms with Gasteiger partial charge in [0.1, 0.15) is 6.10 Å². The monoisotopic (exact) mass is 304 g/mol. The number of hydrogen-bond acceptors (Lipinski definition) is 5. The highest BCUT2D eigenvalue weighted by molar-refractivity contribution is 5.79. The van der Waals surface area contributed by atoms with Crippen molar-refractivity contribution in [2.75, 3.05) is 33.2 Å². The Balaban J connectivity index is 1.57. The second kappa shape index (κ2) is 7.05. The van der Waals surface area contributed by atoms with Gasteiger partial charge in [-0.1, -0.05) is 0 Å². The maximum atomic E-state index is 12.7. The second-order valence-corrected chi connectivity index (χ2v) is 6.31. The van der Waals surface area contributed by atoms with Crippen LogP contribution in [0.4, 0.5) is 0 Å². The van der Waals surface area contributed by atoms with Crippen molar-refractivity contribution in [2.45, 2.75) is 31.8 Å². The van der Waals surface area contributed by atoms with Gasteiger partial charge in [0.2, 0.25) is 11.8 Å². The van der Waals surface area contributed by atoms with Crippen LogP contribution in [0.3, 0.4) is 0 Å². The van der Waals surface area contributed by atoms with Crippen LogP contribution in [0.5, 0.6) is 5.88 Å². The molecule has 2 saturated heterocycles. The van der Waals surface area contributed by atoms with E-state index in [9.17, 15) is 4.79 Å². The zero-order chi connectivity index (χ0) is 15.4. The maximum Gasteiger partial charge on any atom is 0.232 e. The lowest BCUT2D eigenvalue weighted by molar-refractivity contribution is -0.139. The number of aromatic nitrogens is 2. The van der Waals surface area contributed by atoms with Gasteiger partial charge >= 0.3 is 0 Å². The second-order valence-electron chi connectivity index (χ2n) is 6.31. The molecule has 3 rings (SSSR count). The fraction of sp³-hybridized carbons (Fsp3) is 0.688. The third-order valence-electron chi connectivity index (χ3n) is 4.49. The molecule has 22 heavy (non-hydrogen) atoms. The molecule has 0 N–H and O–H groups in total. The number of carbonyl (C=O) groups is 1. The highest BCUT2D eigenvalue weighted by Gasteiger charge is 2.31. The molecule has 6 heteroatoms. The molecule has 0 aliphatic carbocycles. The zero-order valence-electron chi connectivity index (χ0n) is 13.1. The number of carbonyl (C=O) groups excluding carboxylic acids is 1. The smallest absolute Gasteiger partial charge is 0.232 e. The Hall–Kier alpha value is -1.69. The first kappa shape index (κ1) is 15.2. The molecule has 3 heterocycles. The summed E-state index contributed by atoms with van der Waals surface area (Å²) in [4.78, 5) is 25.1.